The van der Waals surface area contributed by atoms with Gasteiger partial charge in [-0.05, 0) is 43.0 Å². The molecule has 2 aliphatic heterocycles. The number of carbonyl (C=O) groups is 1. The van der Waals surface area contributed by atoms with E-state index < -0.39 is 0 Å². The molecule has 0 spiro atoms. The standard InChI is InChI=1S/C24H31N3O/c25-23-18-27(17-22(23)21-9-5-2-6-10-21)24(28)15-19-11-13-26(14-12-19)16-20-7-3-1-4-8-20/h1-10,19,22-23H,11-18,25H2/t22-,23+/m1/s1. The van der Waals surface area contributed by atoms with E-state index in [4.69, 9.17) is 5.73 Å². The van der Waals surface area contributed by atoms with Gasteiger partial charge in [0.1, 0.15) is 0 Å². The van der Waals surface area contributed by atoms with Gasteiger partial charge in [0.25, 0.3) is 0 Å². The molecule has 0 aromatic heterocycles. The third kappa shape index (κ3) is 4.62. The lowest BCUT2D eigenvalue weighted by atomic mass is 9.92. The zero-order valence-corrected chi connectivity index (χ0v) is 16.5. The Balaban J connectivity index is 1.25. The molecule has 2 N–H and O–H groups in total. The fourth-order valence-electron chi connectivity index (χ4n) is 4.65. The first-order valence-corrected chi connectivity index (χ1v) is 10.5. The van der Waals surface area contributed by atoms with E-state index >= 15 is 0 Å². The first kappa shape index (κ1) is 19.2. The number of rotatable bonds is 5. The molecule has 148 valence electrons. The Morgan fingerprint density at radius 2 is 1.57 bits per heavy atom. The molecule has 4 nitrogen and oxygen atoms in total. The largest absolute Gasteiger partial charge is 0.340 e. The van der Waals surface area contributed by atoms with E-state index in [-0.39, 0.29) is 17.9 Å². The quantitative estimate of drug-likeness (QED) is 0.870. The molecule has 0 bridgehead atoms. The fraction of sp³-hybridized carbons (Fsp3) is 0.458. The summed E-state index contributed by atoms with van der Waals surface area (Å²) >= 11 is 0. The molecule has 0 saturated carbocycles. The van der Waals surface area contributed by atoms with Crippen molar-refractivity contribution in [3.05, 3.63) is 71.8 Å². The van der Waals surface area contributed by atoms with Crippen LogP contribution >= 0.6 is 0 Å². The van der Waals surface area contributed by atoms with Crippen LogP contribution in [0.4, 0.5) is 0 Å². The van der Waals surface area contributed by atoms with Crippen molar-refractivity contribution in [2.24, 2.45) is 11.7 Å². The van der Waals surface area contributed by atoms with Crippen LogP contribution in [0.5, 0.6) is 0 Å². The predicted molar refractivity (Wildman–Crippen MR) is 113 cm³/mol. The molecular weight excluding hydrogens is 346 g/mol. The monoisotopic (exact) mass is 377 g/mol. The molecule has 2 aromatic carbocycles. The number of benzene rings is 2. The normalized spacial score (nSPS) is 23.8. The van der Waals surface area contributed by atoms with Crippen LogP contribution in [-0.4, -0.2) is 47.9 Å². The van der Waals surface area contributed by atoms with Gasteiger partial charge in [-0.3, -0.25) is 9.69 Å². The minimum atomic E-state index is 0.0408. The van der Waals surface area contributed by atoms with Crippen LogP contribution in [0.2, 0.25) is 0 Å². The maximum Gasteiger partial charge on any atom is 0.222 e. The number of hydrogen-bond donors (Lipinski definition) is 1. The number of piperidine rings is 1. The van der Waals surface area contributed by atoms with E-state index in [0.29, 0.717) is 18.9 Å². The van der Waals surface area contributed by atoms with Crippen LogP contribution in [0.15, 0.2) is 60.7 Å². The lowest BCUT2D eigenvalue weighted by Gasteiger charge is -2.32. The third-order valence-corrected chi connectivity index (χ3v) is 6.36. The summed E-state index contributed by atoms with van der Waals surface area (Å²) in [5.41, 5.74) is 8.98. The molecule has 0 radical (unpaired) electrons. The Bertz CT molecular complexity index is 756. The van der Waals surface area contributed by atoms with Crippen molar-refractivity contribution >= 4 is 5.91 Å². The van der Waals surface area contributed by atoms with Gasteiger partial charge in [0.15, 0.2) is 0 Å². The first-order chi connectivity index (χ1) is 13.7. The van der Waals surface area contributed by atoms with Crippen LogP contribution in [0.1, 0.15) is 36.3 Å². The van der Waals surface area contributed by atoms with Crippen molar-refractivity contribution in [1.82, 2.24) is 9.80 Å². The average molecular weight is 378 g/mol. The smallest absolute Gasteiger partial charge is 0.222 e. The molecule has 2 aliphatic rings. The van der Waals surface area contributed by atoms with Gasteiger partial charge in [-0.2, -0.15) is 0 Å². The summed E-state index contributed by atoms with van der Waals surface area (Å²) in [5.74, 6) is 1.06. The van der Waals surface area contributed by atoms with Gasteiger partial charge < -0.3 is 10.6 Å². The summed E-state index contributed by atoms with van der Waals surface area (Å²) in [6.07, 6.45) is 2.90. The van der Waals surface area contributed by atoms with Crippen molar-refractivity contribution in [1.29, 1.82) is 0 Å². The van der Waals surface area contributed by atoms with Gasteiger partial charge in [-0.25, -0.2) is 0 Å². The van der Waals surface area contributed by atoms with Crippen molar-refractivity contribution in [2.45, 2.75) is 37.8 Å². The Kier molecular flexibility index (Phi) is 6.08. The van der Waals surface area contributed by atoms with E-state index in [1.54, 1.807) is 0 Å². The Hall–Kier alpha value is -2.17. The molecule has 28 heavy (non-hydrogen) atoms. The SMILES string of the molecule is N[C@H]1CN(C(=O)CC2CCN(Cc3ccccc3)CC2)C[C@@H]1c1ccccc1. The number of nitrogens with two attached hydrogens (primary N) is 1. The van der Waals surface area contributed by atoms with Crippen LogP contribution in [0, 0.1) is 5.92 Å². The minimum absolute atomic E-state index is 0.0408. The van der Waals surface area contributed by atoms with E-state index in [2.05, 4.69) is 59.5 Å². The lowest BCUT2D eigenvalue weighted by Crippen LogP contribution is -2.37. The zero-order chi connectivity index (χ0) is 19.3. The molecule has 0 unspecified atom stereocenters. The van der Waals surface area contributed by atoms with Crippen molar-refractivity contribution < 1.29 is 4.79 Å². The van der Waals surface area contributed by atoms with E-state index in [0.717, 1.165) is 39.0 Å². The summed E-state index contributed by atoms with van der Waals surface area (Å²) in [4.78, 5) is 17.4. The molecule has 4 heteroatoms. The van der Waals surface area contributed by atoms with Crippen LogP contribution < -0.4 is 5.73 Å². The summed E-state index contributed by atoms with van der Waals surface area (Å²) in [6.45, 7) is 4.63. The molecule has 2 atom stereocenters. The molecule has 2 saturated heterocycles. The molecule has 2 fully saturated rings. The molecule has 1 amide bonds. The Morgan fingerprint density at radius 3 is 2.25 bits per heavy atom. The summed E-state index contributed by atoms with van der Waals surface area (Å²) in [6, 6.07) is 21.1. The van der Waals surface area contributed by atoms with Gasteiger partial charge in [0.2, 0.25) is 5.91 Å². The second-order valence-electron chi connectivity index (χ2n) is 8.39. The summed E-state index contributed by atoms with van der Waals surface area (Å²) < 4.78 is 0. The van der Waals surface area contributed by atoms with Crippen molar-refractivity contribution in [3.63, 3.8) is 0 Å². The first-order valence-electron chi connectivity index (χ1n) is 10.5. The number of carbonyl (C=O) groups excluding carboxylic acids is 1. The van der Waals surface area contributed by atoms with Gasteiger partial charge in [0, 0.05) is 38.0 Å². The molecule has 4 rings (SSSR count). The van der Waals surface area contributed by atoms with Crippen LogP contribution in [-0.2, 0) is 11.3 Å². The number of nitrogens with zero attached hydrogens (tertiary/aromatic N) is 2. The van der Waals surface area contributed by atoms with Gasteiger partial charge >= 0.3 is 0 Å². The highest BCUT2D eigenvalue weighted by atomic mass is 16.2. The highest BCUT2D eigenvalue weighted by Gasteiger charge is 2.34. The zero-order valence-electron chi connectivity index (χ0n) is 16.5. The van der Waals surface area contributed by atoms with Gasteiger partial charge in [-0.1, -0.05) is 60.7 Å². The molecular formula is C24H31N3O. The number of amides is 1. The lowest BCUT2D eigenvalue weighted by molar-refractivity contribution is -0.131. The average Bonchev–Trinajstić information content (AvgIpc) is 3.13. The summed E-state index contributed by atoms with van der Waals surface area (Å²) in [5, 5.41) is 0. The van der Waals surface area contributed by atoms with E-state index in [1.807, 2.05) is 11.0 Å². The third-order valence-electron chi connectivity index (χ3n) is 6.36. The highest BCUT2D eigenvalue weighted by molar-refractivity contribution is 5.77. The highest BCUT2D eigenvalue weighted by Crippen LogP contribution is 2.29. The fourth-order valence-corrected chi connectivity index (χ4v) is 4.65. The van der Waals surface area contributed by atoms with Crippen molar-refractivity contribution in [3.8, 4) is 0 Å². The summed E-state index contributed by atoms with van der Waals surface area (Å²) in [7, 11) is 0. The topological polar surface area (TPSA) is 49.6 Å². The number of likely N-dealkylation sites (tertiary alicyclic amines) is 2. The Morgan fingerprint density at radius 1 is 0.929 bits per heavy atom. The molecule has 2 aromatic rings. The maximum absolute atomic E-state index is 12.9. The second-order valence-corrected chi connectivity index (χ2v) is 8.39. The maximum atomic E-state index is 12.9. The van der Waals surface area contributed by atoms with Gasteiger partial charge in [-0.15, -0.1) is 0 Å². The van der Waals surface area contributed by atoms with Crippen molar-refractivity contribution in [2.75, 3.05) is 26.2 Å². The second kappa shape index (κ2) is 8.89. The molecule has 0 aliphatic carbocycles. The molecule has 2 heterocycles. The predicted octanol–water partition coefficient (Wildman–Crippen LogP) is 3.24. The van der Waals surface area contributed by atoms with E-state index in [1.165, 1.54) is 11.1 Å². The van der Waals surface area contributed by atoms with Crippen LogP contribution in [0.25, 0.3) is 0 Å². The number of hydrogen-bond acceptors (Lipinski definition) is 3. The van der Waals surface area contributed by atoms with Gasteiger partial charge in [0.05, 0.1) is 0 Å². The van der Waals surface area contributed by atoms with Crippen LogP contribution in [0.3, 0.4) is 0 Å². The van der Waals surface area contributed by atoms with E-state index in [9.17, 15) is 4.79 Å². The Labute approximate surface area is 168 Å². The minimum Gasteiger partial charge on any atom is -0.340 e.